The molecule has 0 aromatic rings. The standard InChI is InChI=1S/C15H24N2O2/c18-14-7-1-6-13-12-5-3-9-17(19)8-2-4-11(15(12)17)10-16(13)14/h11-13,15H,1-10H2/t11-,12+,13-,15+,17?/m1/s1. The molecule has 4 fully saturated rings. The Labute approximate surface area is 114 Å². The molecule has 4 rings (SSSR count). The molecule has 1 amide bonds. The van der Waals surface area contributed by atoms with Gasteiger partial charge in [-0.3, -0.25) is 4.79 Å². The van der Waals surface area contributed by atoms with Crippen LogP contribution in [-0.2, 0) is 4.79 Å². The van der Waals surface area contributed by atoms with Crippen molar-refractivity contribution in [1.82, 2.24) is 4.90 Å². The summed E-state index contributed by atoms with van der Waals surface area (Å²) in [5, 5.41) is 13.1. The Kier molecular flexibility index (Phi) is 2.68. The van der Waals surface area contributed by atoms with Crippen molar-refractivity contribution in [1.29, 1.82) is 0 Å². The normalized spacial score (nSPS) is 49.5. The third kappa shape index (κ3) is 1.69. The maximum Gasteiger partial charge on any atom is 0.222 e. The lowest BCUT2D eigenvalue weighted by Crippen LogP contribution is -2.71. The van der Waals surface area contributed by atoms with Crippen LogP contribution < -0.4 is 0 Å². The van der Waals surface area contributed by atoms with Gasteiger partial charge < -0.3 is 14.8 Å². The first-order valence-electron chi connectivity index (χ1n) is 8.06. The number of hydrogen-bond acceptors (Lipinski definition) is 2. The molecule has 4 aliphatic rings. The van der Waals surface area contributed by atoms with Crippen LogP contribution in [-0.4, -0.2) is 47.2 Å². The first-order chi connectivity index (χ1) is 9.19. The van der Waals surface area contributed by atoms with Crippen LogP contribution in [0, 0.1) is 17.0 Å². The lowest BCUT2D eigenvalue weighted by molar-refractivity contribution is -0.925. The van der Waals surface area contributed by atoms with Gasteiger partial charge in [0.15, 0.2) is 0 Å². The number of hydroxylamine groups is 3. The summed E-state index contributed by atoms with van der Waals surface area (Å²) < 4.78 is 0.0772. The minimum absolute atomic E-state index is 0.0772. The molecule has 4 heteroatoms. The Morgan fingerprint density at radius 3 is 2.74 bits per heavy atom. The Balaban J connectivity index is 1.69. The summed E-state index contributed by atoms with van der Waals surface area (Å²) in [5.41, 5.74) is 0. The highest BCUT2D eigenvalue weighted by atomic mass is 16.5. The Hall–Kier alpha value is -0.610. The average molecular weight is 264 g/mol. The fourth-order valence-corrected chi connectivity index (χ4v) is 5.55. The van der Waals surface area contributed by atoms with E-state index in [1.165, 1.54) is 12.8 Å². The van der Waals surface area contributed by atoms with Gasteiger partial charge in [-0.05, 0) is 38.5 Å². The van der Waals surface area contributed by atoms with Crippen LogP contribution in [0.1, 0.15) is 44.9 Å². The first kappa shape index (κ1) is 12.2. The van der Waals surface area contributed by atoms with E-state index in [-0.39, 0.29) is 4.65 Å². The number of hydrogen-bond donors (Lipinski definition) is 0. The summed E-state index contributed by atoms with van der Waals surface area (Å²) >= 11 is 0. The minimum atomic E-state index is 0.0772. The second kappa shape index (κ2) is 4.19. The number of amides is 1. The number of piperidine rings is 4. The number of fused-ring (bicyclic) bond motifs is 2. The van der Waals surface area contributed by atoms with E-state index in [4.69, 9.17) is 0 Å². The fraction of sp³-hybridized carbons (Fsp3) is 0.933. The van der Waals surface area contributed by atoms with Gasteiger partial charge in [0.1, 0.15) is 0 Å². The van der Waals surface area contributed by atoms with E-state index in [0.29, 0.717) is 29.8 Å². The molecule has 4 nitrogen and oxygen atoms in total. The maximum atomic E-state index is 13.1. The first-order valence-corrected chi connectivity index (χ1v) is 8.06. The Morgan fingerprint density at radius 1 is 1.11 bits per heavy atom. The molecule has 19 heavy (non-hydrogen) atoms. The second-order valence-corrected chi connectivity index (χ2v) is 7.10. The van der Waals surface area contributed by atoms with Crippen molar-refractivity contribution in [3.8, 4) is 0 Å². The molecule has 0 saturated carbocycles. The molecule has 5 atom stereocenters. The molecule has 0 radical (unpaired) electrons. The molecule has 4 heterocycles. The van der Waals surface area contributed by atoms with E-state index in [0.717, 1.165) is 51.7 Å². The largest absolute Gasteiger partial charge is 0.633 e. The quantitative estimate of drug-likeness (QED) is 0.495. The van der Waals surface area contributed by atoms with E-state index < -0.39 is 0 Å². The lowest BCUT2D eigenvalue weighted by Gasteiger charge is -2.64. The van der Waals surface area contributed by atoms with Crippen molar-refractivity contribution in [2.24, 2.45) is 11.8 Å². The topological polar surface area (TPSA) is 43.4 Å². The number of quaternary nitrogens is 1. The number of carbonyl (C=O) groups excluding carboxylic acids is 1. The lowest BCUT2D eigenvalue weighted by atomic mass is 9.67. The number of nitrogens with zero attached hydrogens (tertiary/aromatic N) is 2. The molecule has 0 aromatic carbocycles. The van der Waals surface area contributed by atoms with Crippen LogP contribution >= 0.6 is 0 Å². The Morgan fingerprint density at radius 2 is 1.89 bits per heavy atom. The third-order valence-corrected chi connectivity index (χ3v) is 6.19. The summed E-state index contributed by atoms with van der Waals surface area (Å²) in [6, 6.07) is 0.710. The van der Waals surface area contributed by atoms with Crippen LogP contribution in [0.25, 0.3) is 0 Å². The van der Waals surface area contributed by atoms with E-state index in [9.17, 15) is 10.0 Å². The zero-order valence-corrected chi connectivity index (χ0v) is 11.6. The monoisotopic (exact) mass is 264 g/mol. The molecule has 0 aromatic heterocycles. The summed E-state index contributed by atoms with van der Waals surface area (Å²) in [6.07, 6.45) is 7.38. The highest BCUT2D eigenvalue weighted by Crippen LogP contribution is 2.47. The molecule has 106 valence electrons. The van der Waals surface area contributed by atoms with Gasteiger partial charge in [-0.2, -0.15) is 0 Å². The molecule has 4 saturated heterocycles. The zero-order chi connectivity index (χ0) is 13.0. The van der Waals surface area contributed by atoms with Crippen LogP contribution in [0.4, 0.5) is 0 Å². The maximum absolute atomic E-state index is 13.1. The van der Waals surface area contributed by atoms with Crippen LogP contribution in [0.15, 0.2) is 0 Å². The summed E-state index contributed by atoms with van der Waals surface area (Å²) in [7, 11) is 0. The second-order valence-electron chi connectivity index (χ2n) is 7.10. The summed E-state index contributed by atoms with van der Waals surface area (Å²) in [5.74, 6) is 1.33. The third-order valence-electron chi connectivity index (χ3n) is 6.19. The summed E-state index contributed by atoms with van der Waals surface area (Å²) in [6.45, 7) is 2.55. The van der Waals surface area contributed by atoms with E-state index in [2.05, 4.69) is 4.90 Å². The van der Waals surface area contributed by atoms with Crippen molar-refractivity contribution in [3.63, 3.8) is 0 Å². The van der Waals surface area contributed by atoms with Gasteiger partial charge >= 0.3 is 0 Å². The van der Waals surface area contributed by atoms with Crippen molar-refractivity contribution in [2.75, 3.05) is 19.6 Å². The smallest absolute Gasteiger partial charge is 0.222 e. The van der Waals surface area contributed by atoms with Crippen molar-refractivity contribution in [2.45, 2.75) is 57.0 Å². The highest BCUT2D eigenvalue weighted by Gasteiger charge is 2.55. The van der Waals surface area contributed by atoms with Gasteiger partial charge in [-0.25, -0.2) is 0 Å². The predicted octanol–water partition coefficient (Wildman–Crippen LogP) is 1.88. The van der Waals surface area contributed by atoms with Crippen molar-refractivity contribution >= 4 is 5.91 Å². The van der Waals surface area contributed by atoms with Crippen molar-refractivity contribution < 1.29 is 9.44 Å². The van der Waals surface area contributed by atoms with Gasteiger partial charge in [0.05, 0.1) is 19.1 Å². The Bertz CT molecular complexity index is 396. The molecule has 1 unspecified atom stereocenters. The molecule has 0 aliphatic carbocycles. The SMILES string of the molecule is O=C1CCC[C@@H]2[C@@H]3CCC[N+]4([O-])CCC[C@H](CN12)[C@@H]34. The number of carbonyl (C=O) groups is 1. The van der Waals surface area contributed by atoms with E-state index in [1.54, 1.807) is 0 Å². The van der Waals surface area contributed by atoms with Gasteiger partial charge in [0, 0.05) is 30.8 Å². The van der Waals surface area contributed by atoms with Crippen molar-refractivity contribution in [3.05, 3.63) is 5.21 Å². The molecular formula is C15H24N2O2. The molecule has 0 spiro atoms. The highest BCUT2D eigenvalue weighted by molar-refractivity contribution is 5.77. The van der Waals surface area contributed by atoms with Gasteiger partial charge in [-0.15, -0.1) is 0 Å². The molecule has 4 aliphatic heterocycles. The summed E-state index contributed by atoms with van der Waals surface area (Å²) in [4.78, 5) is 14.3. The zero-order valence-electron chi connectivity index (χ0n) is 11.6. The van der Waals surface area contributed by atoms with E-state index in [1.807, 2.05) is 0 Å². The predicted molar refractivity (Wildman–Crippen MR) is 71.9 cm³/mol. The van der Waals surface area contributed by atoms with Crippen LogP contribution in [0.3, 0.4) is 0 Å². The van der Waals surface area contributed by atoms with Gasteiger partial charge in [0.25, 0.3) is 0 Å². The van der Waals surface area contributed by atoms with Gasteiger partial charge in [-0.1, -0.05) is 0 Å². The van der Waals surface area contributed by atoms with E-state index >= 15 is 0 Å². The van der Waals surface area contributed by atoms with Gasteiger partial charge in [0.2, 0.25) is 5.91 Å². The minimum Gasteiger partial charge on any atom is -0.633 e. The fourth-order valence-electron chi connectivity index (χ4n) is 5.55. The molecule has 0 N–H and O–H groups in total. The van der Waals surface area contributed by atoms with Crippen LogP contribution in [0.2, 0.25) is 0 Å². The average Bonchev–Trinajstić information content (AvgIpc) is 2.40. The number of rotatable bonds is 0. The molecular weight excluding hydrogens is 240 g/mol. The molecule has 0 bridgehead atoms. The van der Waals surface area contributed by atoms with Crippen LogP contribution in [0.5, 0.6) is 0 Å².